The molecule has 0 fully saturated rings. The molecule has 0 aliphatic rings. The third-order valence-electron chi connectivity index (χ3n) is 17.5. The molecule has 0 saturated carbocycles. The quantitative estimate of drug-likeness (QED) is 0.0320. The average Bonchev–Trinajstić information content (AvgIpc) is 3.47. The zero-order valence-corrected chi connectivity index (χ0v) is 55.0. The van der Waals surface area contributed by atoms with Gasteiger partial charge in [-0.05, 0) is 57.8 Å². The van der Waals surface area contributed by atoms with Gasteiger partial charge in [0, 0.05) is 12.8 Å². The van der Waals surface area contributed by atoms with Crippen LogP contribution in [0.15, 0.2) is 24.3 Å². The predicted molar refractivity (Wildman–Crippen MR) is 356 cm³/mol. The number of hydrogen-bond acceptors (Lipinski definition) is 5. The van der Waals surface area contributed by atoms with E-state index >= 15 is 0 Å². The first kappa shape index (κ1) is 79.3. The number of aliphatic hydroxyl groups excluding tert-OH is 2. The molecule has 1 amide bonds. The second-order valence-corrected chi connectivity index (χ2v) is 25.6. The van der Waals surface area contributed by atoms with Crippen LogP contribution in [0.4, 0.5) is 0 Å². The van der Waals surface area contributed by atoms with Crippen LogP contribution in [0.5, 0.6) is 0 Å². The largest absolute Gasteiger partial charge is 0.466 e. The van der Waals surface area contributed by atoms with Gasteiger partial charge in [0.05, 0.1) is 25.4 Å². The molecule has 0 aromatic heterocycles. The molecule has 6 heteroatoms. The topological polar surface area (TPSA) is 95.9 Å². The lowest BCUT2D eigenvalue weighted by atomic mass is 10.0. The number of esters is 1. The monoisotopic (exact) mass is 1140 g/mol. The highest BCUT2D eigenvalue weighted by molar-refractivity contribution is 5.76. The molecule has 0 aliphatic heterocycles. The van der Waals surface area contributed by atoms with E-state index in [1.807, 2.05) is 6.08 Å². The third kappa shape index (κ3) is 67.3. The van der Waals surface area contributed by atoms with Crippen LogP contribution in [0.1, 0.15) is 418 Å². The maximum absolute atomic E-state index is 12.5. The van der Waals surface area contributed by atoms with Crippen LogP contribution in [-0.4, -0.2) is 47.4 Å². The van der Waals surface area contributed by atoms with E-state index in [9.17, 15) is 19.8 Å². The van der Waals surface area contributed by atoms with Crippen LogP contribution in [0.3, 0.4) is 0 Å². The summed E-state index contributed by atoms with van der Waals surface area (Å²) in [6, 6.07) is -0.626. The Hall–Kier alpha value is -1.66. The second-order valence-electron chi connectivity index (χ2n) is 25.6. The highest BCUT2D eigenvalue weighted by atomic mass is 16.5. The Morgan fingerprint density at radius 1 is 0.333 bits per heavy atom. The smallest absolute Gasteiger partial charge is 0.305 e. The van der Waals surface area contributed by atoms with Crippen LogP contribution in [0.2, 0.25) is 0 Å². The van der Waals surface area contributed by atoms with Crippen molar-refractivity contribution >= 4 is 11.9 Å². The van der Waals surface area contributed by atoms with Gasteiger partial charge in [-0.15, -0.1) is 0 Å². The van der Waals surface area contributed by atoms with Crippen LogP contribution >= 0.6 is 0 Å². The molecule has 0 saturated heterocycles. The standard InChI is InChI=1S/C75H145NO5/c1-3-5-7-9-11-13-15-17-19-36-40-43-47-51-55-59-63-67-73(78)72(71-77)76-74(79)68-64-60-56-52-48-44-41-37-34-32-30-28-26-24-22-20-21-23-25-27-29-31-33-35-38-42-46-50-54-58-62-66-70-81-75(80)69-65-61-57-53-49-45-39-18-16-14-12-10-8-6-4-2/h23,25,63,67,72-73,77-78H,3-22,24,26-62,64-66,68-71H2,1-2H3,(H,76,79)/b25-23-,67-63+. The van der Waals surface area contributed by atoms with E-state index in [2.05, 4.69) is 31.3 Å². The summed E-state index contributed by atoms with van der Waals surface area (Å²) in [5.74, 6) is -0.0403. The fourth-order valence-electron chi connectivity index (χ4n) is 11.8. The zero-order chi connectivity index (χ0) is 58.5. The first-order chi connectivity index (χ1) is 40.0. The molecule has 0 aliphatic carbocycles. The van der Waals surface area contributed by atoms with Crippen molar-refractivity contribution in [3.63, 3.8) is 0 Å². The summed E-state index contributed by atoms with van der Waals surface area (Å²) >= 11 is 0. The van der Waals surface area contributed by atoms with E-state index in [-0.39, 0.29) is 18.5 Å². The molecule has 480 valence electrons. The number of allylic oxidation sites excluding steroid dienone is 3. The van der Waals surface area contributed by atoms with Gasteiger partial charge in [0.15, 0.2) is 0 Å². The van der Waals surface area contributed by atoms with Gasteiger partial charge in [0.2, 0.25) is 5.91 Å². The van der Waals surface area contributed by atoms with Gasteiger partial charge < -0.3 is 20.3 Å². The number of carbonyl (C=O) groups is 2. The molecule has 0 heterocycles. The Labute approximate surface area is 507 Å². The van der Waals surface area contributed by atoms with E-state index in [0.29, 0.717) is 19.4 Å². The number of carbonyl (C=O) groups excluding carboxylic acids is 2. The van der Waals surface area contributed by atoms with Gasteiger partial charge in [-0.2, -0.15) is 0 Å². The van der Waals surface area contributed by atoms with Gasteiger partial charge in [0.1, 0.15) is 0 Å². The minimum absolute atomic E-state index is 0.0216. The third-order valence-corrected chi connectivity index (χ3v) is 17.5. The molecule has 3 N–H and O–H groups in total. The number of ether oxygens (including phenoxy) is 1. The molecule has 0 radical (unpaired) electrons. The number of aliphatic hydroxyl groups is 2. The van der Waals surface area contributed by atoms with Gasteiger partial charge in [-0.1, -0.05) is 372 Å². The van der Waals surface area contributed by atoms with Crippen LogP contribution in [-0.2, 0) is 14.3 Å². The van der Waals surface area contributed by atoms with E-state index in [1.165, 1.54) is 353 Å². The van der Waals surface area contributed by atoms with Crippen molar-refractivity contribution in [3.8, 4) is 0 Å². The summed E-state index contributed by atoms with van der Waals surface area (Å²) in [6.07, 6.45) is 89.9. The van der Waals surface area contributed by atoms with Crippen LogP contribution in [0, 0.1) is 0 Å². The van der Waals surface area contributed by atoms with E-state index in [4.69, 9.17) is 4.74 Å². The molecule has 6 nitrogen and oxygen atoms in total. The van der Waals surface area contributed by atoms with Crippen molar-refractivity contribution < 1.29 is 24.5 Å². The lowest BCUT2D eigenvalue weighted by Gasteiger charge is -2.20. The number of nitrogens with one attached hydrogen (secondary N) is 1. The number of unbranched alkanes of at least 4 members (excludes halogenated alkanes) is 57. The molecule has 0 spiro atoms. The fraction of sp³-hybridized carbons (Fsp3) is 0.920. The van der Waals surface area contributed by atoms with Crippen molar-refractivity contribution in [2.75, 3.05) is 13.2 Å². The number of rotatable bonds is 70. The summed E-state index contributed by atoms with van der Waals surface area (Å²) in [7, 11) is 0. The van der Waals surface area contributed by atoms with Crippen molar-refractivity contribution in [2.45, 2.75) is 431 Å². The molecule has 0 aromatic carbocycles. The van der Waals surface area contributed by atoms with Crippen LogP contribution in [0.25, 0.3) is 0 Å². The molecule has 0 bridgehead atoms. The summed E-state index contributed by atoms with van der Waals surface area (Å²) in [5, 5.41) is 23.2. The Bertz CT molecular complexity index is 1270. The van der Waals surface area contributed by atoms with Crippen molar-refractivity contribution in [3.05, 3.63) is 24.3 Å². The second kappa shape index (κ2) is 70.8. The molecular weight excluding hydrogens is 995 g/mol. The molecule has 81 heavy (non-hydrogen) atoms. The highest BCUT2D eigenvalue weighted by Crippen LogP contribution is 2.19. The van der Waals surface area contributed by atoms with Gasteiger partial charge in [-0.3, -0.25) is 9.59 Å². The first-order valence-corrected chi connectivity index (χ1v) is 37.1. The van der Waals surface area contributed by atoms with Crippen molar-refractivity contribution in [1.29, 1.82) is 0 Å². The maximum Gasteiger partial charge on any atom is 0.305 e. The summed E-state index contributed by atoms with van der Waals surface area (Å²) in [4.78, 5) is 24.6. The average molecular weight is 1140 g/mol. The minimum Gasteiger partial charge on any atom is -0.466 e. The Kier molecular flexibility index (Phi) is 69.4. The molecular formula is C75H145NO5. The Morgan fingerprint density at radius 3 is 0.877 bits per heavy atom. The summed E-state index contributed by atoms with van der Waals surface area (Å²) in [5.41, 5.74) is 0. The zero-order valence-electron chi connectivity index (χ0n) is 55.0. The predicted octanol–water partition coefficient (Wildman–Crippen LogP) is 24.1. The van der Waals surface area contributed by atoms with Crippen molar-refractivity contribution in [2.24, 2.45) is 0 Å². The van der Waals surface area contributed by atoms with E-state index in [1.54, 1.807) is 6.08 Å². The summed E-state index contributed by atoms with van der Waals surface area (Å²) < 4.78 is 5.50. The lowest BCUT2D eigenvalue weighted by molar-refractivity contribution is -0.143. The first-order valence-electron chi connectivity index (χ1n) is 37.1. The molecule has 2 atom stereocenters. The minimum atomic E-state index is -0.843. The molecule has 0 rings (SSSR count). The van der Waals surface area contributed by atoms with Gasteiger partial charge >= 0.3 is 5.97 Å². The SMILES string of the molecule is CCCCCCCCCCCCCCCCC/C=C/C(O)C(CO)NC(=O)CCCCCCCCCCCCCCCCCC/C=C\CCCCCCCCCCCCCCOC(=O)CCCCCCCCCCCCCCCCC. The van der Waals surface area contributed by atoms with Gasteiger partial charge in [-0.25, -0.2) is 0 Å². The van der Waals surface area contributed by atoms with Gasteiger partial charge in [0.25, 0.3) is 0 Å². The summed E-state index contributed by atoms with van der Waals surface area (Å²) in [6.45, 7) is 4.95. The van der Waals surface area contributed by atoms with Crippen molar-refractivity contribution in [1.82, 2.24) is 5.32 Å². The lowest BCUT2D eigenvalue weighted by Crippen LogP contribution is -2.45. The number of hydrogen-bond donors (Lipinski definition) is 3. The van der Waals surface area contributed by atoms with E-state index in [0.717, 1.165) is 38.5 Å². The molecule has 2 unspecified atom stereocenters. The Balaban J connectivity index is 3.36. The molecule has 0 aromatic rings. The van der Waals surface area contributed by atoms with E-state index < -0.39 is 12.1 Å². The van der Waals surface area contributed by atoms with Crippen LogP contribution < -0.4 is 5.32 Å². The highest BCUT2D eigenvalue weighted by Gasteiger charge is 2.18. The maximum atomic E-state index is 12.5. The fourth-order valence-corrected chi connectivity index (χ4v) is 11.8. The normalized spacial score (nSPS) is 12.6. The Morgan fingerprint density at radius 2 is 0.580 bits per heavy atom. The number of amides is 1.